The summed E-state index contributed by atoms with van der Waals surface area (Å²) in [5.74, 6) is -1.08. The summed E-state index contributed by atoms with van der Waals surface area (Å²) < 4.78 is 5.50. The lowest BCUT2D eigenvalue weighted by Gasteiger charge is -2.32. The molecule has 1 aromatic rings. The minimum absolute atomic E-state index is 0.0382. The maximum atomic E-state index is 12.1. The van der Waals surface area contributed by atoms with Gasteiger partial charge in [-0.1, -0.05) is 6.92 Å². The van der Waals surface area contributed by atoms with E-state index in [0.29, 0.717) is 25.4 Å². The minimum atomic E-state index is -1.08. The summed E-state index contributed by atoms with van der Waals surface area (Å²) in [5.41, 5.74) is 0.408. The van der Waals surface area contributed by atoms with Gasteiger partial charge in [0, 0.05) is 19.3 Å². The van der Waals surface area contributed by atoms with Gasteiger partial charge in [-0.3, -0.25) is 4.98 Å². The number of carboxylic acid groups (broad SMARTS) is 1. The number of carboxylic acids is 1. The van der Waals surface area contributed by atoms with E-state index in [1.807, 2.05) is 6.92 Å². The second-order valence-electron chi connectivity index (χ2n) is 4.54. The molecule has 2 rings (SSSR count). The highest BCUT2D eigenvalue weighted by Crippen LogP contribution is 2.12. The van der Waals surface area contributed by atoms with Gasteiger partial charge in [0.25, 0.3) is 0 Å². The molecule has 1 atom stereocenters. The average molecular weight is 279 g/mol. The fourth-order valence-corrected chi connectivity index (χ4v) is 1.98. The molecular formula is C13H17N3O4. The Hall–Kier alpha value is -2.15. The molecule has 2 amide bonds. The molecule has 0 aromatic carbocycles. The van der Waals surface area contributed by atoms with Crippen LogP contribution < -0.4 is 5.32 Å². The standard InChI is InChI=1S/C13H17N3O4/c1-2-11-8-16(3-4-20-11)13(19)15-10-5-9(12(17)18)6-14-7-10/h5-7,11H,2-4,8H2,1H3,(H,15,19)(H,17,18). The molecular weight excluding hydrogens is 262 g/mol. The van der Waals surface area contributed by atoms with Crippen LogP contribution in [0.2, 0.25) is 0 Å². The van der Waals surface area contributed by atoms with Crippen molar-refractivity contribution in [3.05, 3.63) is 24.0 Å². The van der Waals surface area contributed by atoms with Crippen molar-refractivity contribution in [2.24, 2.45) is 0 Å². The maximum Gasteiger partial charge on any atom is 0.337 e. The number of rotatable bonds is 3. The Bertz CT molecular complexity index is 506. The lowest BCUT2D eigenvalue weighted by atomic mass is 10.2. The highest BCUT2D eigenvalue weighted by atomic mass is 16.5. The van der Waals surface area contributed by atoms with Crippen LogP contribution in [0.25, 0.3) is 0 Å². The number of aromatic nitrogens is 1. The molecule has 2 heterocycles. The molecule has 7 heteroatoms. The van der Waals surface area contributed by atoms with E-state index < -0.39 is 5.97 Å². The predicted octanol–water partition coefficient (Wildman–Crippen LogP) is 1.42. The van der Waals surface area contributed by atoms with Crippen molar-refractivity contribution in [2.75, 3.05) is 25.0 Å². The highest BCUT2D eigenvalue weighted by molar-refractivity contribution is 5.92. The molecule has 1 aliphatic heterocycles. The summed E-state index contributed by atoms with van der Waals surface area (Å²) in [6.07, 6.45) is 3.56. The van der Waals surface area contributed by atoms with Gasteiger partial charge in [0.1, 0.15) is 0 Å². The number of aromatic carboxylic acids is 1. The molecule has 108 valence electrons. The zero-order chi connectivity index (χ0) is 14.5. The number of ether oxygens (including phenoxy) is 1. The van der Waals surface area contributed by atoms with Crippen LogP contribution in [0.1, 0.15) is 23.7 Å². The molecule has 0 aliphatic carbocycles. The molecule has 2 N–H and O–H groups in total. The van der Waals surface area contributed by atoms with Gasteiger partial charge in [-0.2, -0.15) is 0 Å². The molecule has 1 unspecified atom stereocenters. The lowest BCUT2D eigenvalue weighted by molar-refractivity contribution is -0.0134. The number of anilines is 1. The number of hydrogen-bond donors (Lipinski definition) is 2. The van der Waals surface area contributed by atoms with Gasteiger partial charge in [0.05, 0.1) is 30.2 Å². The molecule has 1 aliphatic rings. The number of urea groups is 1. The third kappa shape index (κ3) is 3.45. The fraction of sp³-hybridized carbons (Fsp3) is 0.462. The molecule has 7 nitrogen and oxygen atoms in total. The van der Waals surface area contributed by atoms with E-state index in [2.05, 4.69) is 10.3 Å². The number of nitrogens with one attached hydrogen (secondary N) is 1. The topological polar surface area (TPSA) is 91.8 Å². The Balaban J connectivity index is 2.00. The lowest BCUT2D eigenvalue weighted by Crippen LogP contribution is -2.47. The Kier molecular flexibility index (Phi) is 4.52. The number of amides is 2. The number of nitrogens with zero attached hydrogens (tertiary/aromatic N) is 2. The average Bonchev–Trinajstić information content (AvgIpc) is 2.47. The van der Waals surface area contributed by atoms with E-state index in [9.17, 15) is 9.59 Å². The van der Waals surface area contributed by atoms with Crippen molar-refractivity contribution in [1.82, 2.24) is 9.88 Å². The van der Waals surface area contributed by atoms with Crippen molar-refractivity contribution in [3.63, 3.8) is 0 Å². The Morgan fingerprint density at radius 3 is 3.05 bits per heavy atom. The fourth-order valence-electron chi connectivity index (χ4n) is 1.98. The number of hydrogen-bond acceptors (Lipinski definition) is 4. The number of morpholine rings is 1. The first kappa shape index (κ1) is 14.3. The van der Waals surface area contributed by atoms with Gasteiger partial charge in [0.15, 0.2) is 0 Å². The molecule has 1 fully saturated rings. The van der Waals surface area contributed by atoms with Crippen LogP contribution in [-0.2, 0) is 4.74 Å². The van der Waals surface area contributed by atoms with Crippen molar-refractivity contribution in [2.45, 2.75) is 19.4 Å². The van der Waals surface area contributed by atoms with Gasteiger partial charge >= 0.3 is 12.0 Å². The van der Waals surface area contributed by atoms with Crippen LogP contribution in [0.4, 0.5) is 10.5 Å². The van der Waals surface area contributed by atoms with Gasteiger partial charge in [-0.05, 0) is 12.5 Å². The van der Waals surface area contributed by atoms with Gasteiger partial charge < -0.3 is 20.1 Å². The second-order valence-corrected chi connectivity index (χ2v) is 4.54. The van der Waals surface area contributed by atoms with E-state index in [1.54, 1.807) is 4.90 Å². The molecule has 1 saturated heterocycles. The highest BCUT2D eigenvalue weighted by Gasteiger charge is 2.23. The van der Waals surface area contributed by atoms with Crippen LogP contribution in [0.5, 0.6) is 0 Å². The van der Waals surface area contributed by atoms with Crippen LogP contribution >= 0.6 is 0 Å². The molecule has 0 saturated carbocycles. The quantitative estimate of drug-likeness (QED) is 0.873. The zero-order valence-electron chi connectivity index (χ0n) is 11.2. The predicted molar refractivity (Wildman–Crippen MR) is 71.8 cm³/mol. The summed E-state index contributed by atoms with van der Waals surface area (Å²) >= 11 is 0. The summed E-state index contributed by atoms with van der Waals surface area (Å²) in [6, 6.07) is 1.11. The number of pyridine rings is 1. The van der Waals surface area contributed by atoms with E-state index in [4.69, 9.17) is 9.84 Å². The molecule has 20 heavy (non-hydrogen) atoms. The summed E-state index contributed by atoms with van der Waals surface area (Å²) in [4.78, 5) is 28.4. The van der Waals surface area contributed by atoms with E-state index in [1.165, 1.54) is 18.5 Å². The number of carbonyl (C=O) groups is 2. The Morgan fingerprint density at radius 1 is 1.55 bits per heavy atom. The summed E-state index contributed by atoms with van der Waals surface area (Å²) in [5, 5.41) is 11.5. The first-order chi connectivity index (χ1) is 9.60. The Labute approximate surface area is 116 Å². The summed E-state index contributed by atoms with van der Waals surface area (Å²) in [7, 11) is 0. The largest absolute Gasteiger partial charge is 0.478 e. The van der Waals surface area contributed by atoms with Crippen LogP contribution in [0.3, 0.4) is 0 Å². The Morgan fingerprint density at radius 2 is 2.35 bits per heavy atom. The molecule has 1 aromatic heterocycles. The van der Waals surface area contributed by atoms with Crippen molar-refractivity contribution in [1.29, 1.82) is 0 Å². The monoisotopic (exact) mass is 279 g/mol. The first-order valence-electron chi connectivity index (χ1n) is 6.46. The second kappa shape index (κ2) is 6.33. The van der Waals surface area contributed by atoms with E-state index >= 15 is 0 Å². The van der Waals surface area contributed by atoms with E-state index in [-0.39, 0.29) is 17.7 Å². The maximum absolute atomic E-state index is 12.1. The van der Waals surface area contributed by atoms with Gasteiger partial charge in [-0.15, -0.1) is 0 Å². The first-order valence-corrected chi connectivity index (χ1v) is 6.46. The summed E-state index contributed by atoms with van der Waals surface area (Å²) in [6.45, 7) is 3.58. The normalized spacial score (nSPS) is 18.6. The van der Waals surface area contributed by atoms with Crippen LogP contribution in [0, 0.1) is 0 Å². The number of carbonyl (C=O) groups excluding carboxylic acids is 1. The van der Waals surface area contributed by atoms with Crippen LogP contribution in [-0.4, -0.2) is 52.8 Å². The van der Waals surface area contributed by atoms with Crippen molar-refractivity contribution < 1.29 is 19.4 Å². The third-order valence-electron chi connectivity index (χ3n) is 3.12. The smallest absolute Gasteiger partial charge is 0.337 e. The van der Waals surface area contributed by atoms with Crippen LogP contribution in [0.15, 0.2) is 18.5 Å². The van der Waals surface area contributed by atoms with Gasteiger partial charge in [0.2, 0.25) is 0 Å². The van der Waals surface area contributed by atoms with Crippen molar-refractivity contribution >= 4 is 17.7 Å². The van der Waals surface area contributed by atoms with Crippen molar-refractivity contribution in [3.8, 4) is 0 Å². The third-order valence-corrected chi connectivity index (χ3v) is 3.12. The minimum Gasteiger partial charge on any atom is -0.478 e. The molecule has 0 bridgehead atoms. The van der Waals surface area contributed by atoms with E-state index in [0.717, 1.165) is 6.42 Å². The SMILES string of the molecule is CCC1CN(C(=O)Nc2cncc(C(=O)O)c2)CCO1. The molecule has 0 spiro atoms. The zero-order valence-corrected chi connectivity index (χ0v) is 11.2. The molecule has 0 radical (unpaired) electrons. The van der Waals surface area contributed by atoms with Gasteiger partial charge in [-0.25, -0.2) is 9.59 Å².